The second kappa shape index (κ2) is 6.31. The number of aromatic nitrogens is 1. The second-order valence-electron chi connectivity index (χ2n) is 5.98. The minimum absolute atomic E-state index is 0.228. The van der Waals surface area contributed by atoms with E-state index in [0.29, 0.717) is 17.2 Å². The van der Waals surface area contributed by atoms with E-state index in [9.17, 15) is 8.42 Å². The van der Waals surface area contributed by atoms with Crippen molar-refractivity contribution >= 4 is 26.8 Å². The molecule has 0 bridgehead atoms. The number of rotatable bonds is 4. The van der Waals surface area contributed by atoms with E-state index in [1.165, 1.54) is 0 Å². The van der Waals surface area contributed by atoms with Crippen molar-refractivity contribution < 1.29 is 12.8 Å². The second-order valence-corrected chi connectivity index (χ2v) is 7.67. The van der Waals surface area contributed by atoms with Crippen LogP contribution in [0.4, 0.5) is 5.69 Å². The Morgan fingerprint density at radius 3 is 2.27 bits per heavy atom. The summed E-state index contributed by atoms with van der Waals surface area (Å²) in [4.78, 5) is 4.67. The zero-order chi connectivity index (χ0) is 18.1. The maximum absolute atomic E-state index is 12.4. The van der Waals surface area contributed by atoms with Crippen molar-refractivity contribution in [2.24, 2.45) is 0 Å². The van der Waals surface area contributed by atoms with E-state index in [1.807, 2.05) is 31.2 Å². The monoisotopic (exact) mass is 364 g/mol. The minimum atomic E-state index is -3.62. The van der Waals surface area contributed by atoms with E-state index in [2.05, 4.69) is 9.71 Å². The predicted octanol–water partition coefficient (Wildman–Crippen LogP) is 4.60. The number of para-hydroxylation sites is 2. The Balaban J connectivity index is 1.58. The highest BCUT2D eigenvalue weighted by molar-refractivity contribution is 7.92. The van der Waals surface area contributed by atoms with Crippen LogP contribution < -0.4 is 4.72 Å². The van der Waals surface area contributed by atoms with Crippen LogP contribution in [0, 0.1) is 6.92 Å². The van der Waals surface area contributed by atoms with E-state index in [1.54, 1.807) is 48.5 Å². The standard InChI is InChI=1S/C20H16N2O3S/c1-14-6-12-17(13-7-14)26(23,24)22-16-10-8-15(9-11-16)20-21-18-4-2-3-5-19(18)25-20/h2-13,22H,1H3. The molecule has 0 aliphatic rings. The zero-order valence-electron chi connectivity index (χ0n) is 14.0. The van der Waals surface area contributed by atoms with Crippen LogP contribution in [0.2, 0.25) is 0 Å². The van der Waals surface area contributed by atoms with Crippen molar-refractivity contribution in [1.82, 2.24) is 4.98 Å². The summed E-state index contributed by atoms with van der Waals surface area (Å²) in [5, 5.41) is 0. The molecule has 1 aromatic heterocycles. The third-order valence-electron chi connectivity index (χ3n) is 4.01. The third kappa shape index (κ3) is 3.19. The summed E-state index contributed by atoms with van der Waals surface area (Å²) in [7, 11) is -3.62. The van der Waals surface area contributed by atoms with Gasteiger partial charge in [0.2, 0.25) is 5.89 Å². The molecule has 0 saturated carbocycles. The fourth-order valence-corrected chi connectivity index (χ4v) is 3.67. The first-order chi connectivity index (χ1) is 12.5. The van der Waals surface area contributed by atoms with Crippen LogP contribution in [0.1, 0.15) is 5.56 Å². The maximum Gasteiger partial charge on any atom is 0.261 e. The van der Waals surface area contributed by atoms with E-state index in [0.717, 1.165) is 16.6 Å². The molecule has 4 aromatic rings. The molecule has 4 rings (SSSR count). The van der Waals surface area contributed by atoms with Crippen molar-refractivity contribution in [3.05, 3.63) is 78.4 Å². The highest BCUT2D eigenvalue weighted by atomic mass is 32.2. The van der Waals surface area contributed by atoms with Gasteiger partial charge in [-0.2, -0.15) is 0 Å². The van der Waals surface area contributed by atoms with Gasteiger partial charge >= 0.3 is 0 Å². The van der Waals surface area contributed by atoms with Gasteiger partial charge in [-0.3, -0.25) is 4.72 Å². The molecule has 0 aliphatic carbocycles. The number of sulfonamides is 1. The number of anilines is 1. The molecule has 6 heteroatoms. The van der Waals surface area contributed by atoms with Crippen LogP contribution in [0.25, 0.3) is 22.6 Å². The summed E-state index contributed by atoms with van der Waals surface area (Å²) in [5.74, 6) is 0.499. The van der Waals surface area contributed by atoms with Crippen LogP contribution in [-0.2, 0) is 10.0 Å². The van der Waals surface area contributed by atoms with Crippen LogP contribution in [0.5, 0.6) is 0 Å². The Kier molecular flexibility index (Phi) is 3.97. The lowest BCUT2D eigenvalue weighted by Gasteiger charge is -2.08. The lowest BCUT2D eigenvalue weighted by Crippen LogP contribution is -2.12. The molecule has 0 spiro atoms. The van der Waals surface area contributed by atoms with Gasteiger partial charge < -0.3 is 4.42 Å². The van der Waals surface area contributed by atoms with E-state index in [-0.39, 0.29) is 4.90 Å². The predicted molar refractivity (Wildman–Crippen MR) is 101 cm³/mol. The molecule has 130 valence electrons. The van der Waals surface area contributed by atoms with Crippen molar-refractivity contribution in [2.75, 3.05) is 4.72 Å². The number of aryl methyl sites for hydroxylation is 1. The Bertz CT molecular complexity index is 1130. The third-order valence-corrected chi connectivity index (χ3v) is 5.41. The molecular weight excluding hydrogens is 348 g/mol. The zero-order valence-corrected chi connectivity index (χ0v) is 14.8. The van der Waals surface area contributed by atoms with Gasteiger partial charge in [0.25, 0.3) is 10.0 Å². The fourth-order valence-electron chi connectivity index (χ4n) is 2.61. The smallest absolute Gasteiger partial charge is 0.261 e. The average molecular weight is 364 g/mol. The number of fused-ring (bicyclic) bond motifs is 1. The summed E-state index contributed by atoms with van der Waals surface area (Å²) >= 11 is 0. The van der Waals surface area contributed by atoms with Crippen molar-refractivity contribution in [3.63, 3.8) is 0 Å². The van der Waals surface area contributed by atoms with Crippen molar-refractivity contribution in [2.45, 2.75) is 11.8 Å². The average Bonchev–Trinajstić information content (AvgIpc) is 3.06. The van der Waals surface area contributed by atoms with Crippen LogP contribution in [0.15, 0.2) is 82.1 Å². The van der Waals surface area contributed by atoms with Gasteiger partial charge in [-0.15, -0.1) is 0 Å². The minimum Gasteiger partial charge on any atom is -0.436 e. The largest absolute Gasteiger partial charge is 0.436 e. The van der Waals surface area contributed by atoms with E-state index < -0.39 is 10.0 Å². The lowest BCUT2D eigenvalue weighted by atomic mass is 10.2. The SMILES string of the molecule is Cc1ccc(S(=O)(=O)Nc2ccc(-c3nc4ccccc4o3)cc2)cc1. The van der Waals surface area contributed by atoms with Gasteiger partial charge in [0.05, 0.1) is 4.90 Å². The number of hydrogen-bond acceptors (Lipinski definition) is 4. The lowest BCUT2D eigenvalue weighted by molar-refractivity contribution is 0.601. The molecule has 1 heterocycles. The molecule has 5 nitrogen and oxygen atoms in total. The Morgan fingerprint density at radius 2 is 1.58 bits per heavy atom. The highest BCUT2D eigenvalue weighted by Gasteiger charge is 2.14. The van der Waals surface area contributed by atoms with Crippen molar-refractivity contribution in [3.8, 4) is 11.5 Å². The van der Waals surface area contributed by atoms with Crippen LogP contribution in [-0.4, -0.2) is 13.4 Å². The van der Waals surface area contributed by atoms with E-state index >= 15 is 0 Å². The number of benzene rings is 3. The first kappa shape index (κ1) is 16.4. The fraction of sp³-hybridized carbons (Fsp3) is 0.0500. The summed E-state index contributed by atoms with van der Waals surface area (Å²) in [6.07, 6.45) is 0. The summed E-state index contributed by atoms with van der Waals surface area (Å²) in [6.45, 7) is 1.91. The molecule has 3 aromatic carbocycles. The van der Waals surface area contributed by atoms with Gasteiger partial charge in [0.15, 0.2) is 5.58 Å². The van der Waals surface area contributed by atoms with Gasteiger partial charge in [0, 0.05) is 11.3 Å². The van der Waals surface area contributed by atoms with Gasteiger partial charge in [-0.25, -0.2) is 13.4 Å². The molecule has 26 heavy (non-hydrogen) atoms. The summed E-state index contributed by atoms with van der Waals surface area (Å²) in [5.41, 5.74) is 3.76. The normalized spacial score (nSPS) is 11.6. The number of nitrogens with one attached hydrogen (secondary N) is 1. The molecule has 1 N–H and O–H groups in total. The highest BCUT2D eigenvalue weighted by Crippen LogP contribution is 2.26. The molecule has 0 saturated heterocycles. The topological polar surface area (TPSA) is 72.2 Å². The van der Waals surface area contributed by atoms with Crippen LogP contribution >= 0.6 is 0 Å². The molecule has 0 atom stereocenters. The Morgan fingerprint density at radius 1 is 0.885 bits per heavy atom. The Hall–Kier alpha value is -3.12. The number of oxazole rings is 1. The first-order valence-electron chi connectivity index (χ1n) is 8.07. The molecule has 0 radical (unpaired) electrons. The molecule has 0 unspecified atom stereocenters. The molecule has 0 fully saturated rings. The van der Waals surface area contributed by atoms with Crippen molar-refractivity contribution in [1.29, 1.82) is 0 Å². The van der Waals surface area contributed by atoms with Gasteiger partial charge in [0.1, 0.15) is 5.52 Å². The maximum atomic E-state index is 12.4. The number of nitrogens with zero attached hydrogens (tertiary/aromatic N) is 1. The van der Waals surface area contributed by atoms with Crippen LogP contribution in [0.3, 0.4) is 0 Å². The van der Waals surface area contributed by atoms with E-state index in [4.69, 9.17) is 4.42 Å². The molecule has 0 amide bonds. The molecule has 0 aliphatic heterocycles. The van der Waals surface area contributed by atoms with Gasteiger partial charge in [-0.1, -0.05) is 29.8 Å². The summed E-state index contributed by atoms with van der Waals surface area (Å²) in [6, 6.07) is 21.2. The number of hydrogen-bond donors (Lipinski definition) is 1. The summed E-state index contributed by atoms with van der Waals surface area (Å²) < 4.78 is 33.2. The first-order valence-corrected chi connectivity index (χ1v) is 9.55. The van der Waals surface area contributed by atoms with Gasteiger partial charge in [-0.05, 0) is 55.5 Å². The Labute approximate surface area is 151 Å². The molecular formula is C20H16N2O3S. The quantitative estimate of drug-likeness (QED) is 0.574.